The molecule has 2 aliphatic rings. The van der Waals surface area contributed by atoms with Gasteiger partial charge in [-0.3, -0.25) is 19.2 Å². The fraction of sp³-hybridized carbons (Fsp3) is 0.345. The largest absolute Gasteiger partial charge is 0.619 e. The molecule has 39 heavy (non-hydrogen) atoms. The third kappa shape index (κ3) is 5.42. The fourth-order valence-corrected chi connectivity index (χ4v) is 6.16. The number of carbonyl (C=O) groups excluding carboxylic acids is 4. The van der Waals surface area contributed by atoms with Crippen LogP contribution in [0.1, 0.15) is 47.4 Å². The first kappa shape index (κ1) is 26.6. The van der Waals surface area contributed by atoms with Gasteiger partial charge in [0.15, 0.2) is 18.2 Å². The molecule has 2 fully saturated rings. The molecule has 0 radical (unpaired) electrons. The van der Waals surface area contributed by atoms with E-state index in [4.69, 9.17) is 0 Å². The van der Waals surface area contributed by atoms with Crippen LogP contribution in [0.25, 0.3) is 10.4 Å². The van der Waals surface area contributed by atoms with E-state index in [1.807, 2.05) is 43.5 Å². The van der Waals surface area contributed by atoms with Gasteiger partial charge in [-0.2, -0.15) is 4.73 Å². The highest BCUT2D eigenvalue weighted by Crippen LogP contribution is 2.32. The summed E-state index contributed by atoms with van der Waals surface area (Å²) in [5.74, 6) is -1.08. The summed E-state index contributed by atoms with van der Waals surface area (Å²) in [6.07, 6.45) is 3.36. The number of fused-ring (bicyclic) bond motifs is 1. The molecule has 0 aliphatic carbocycles. The van der Waals surface area contributed by atoms with E-state index in [-0.39, 0.29) is 36.0 Å². The molecule has 0 bridgehead atoms. The van der Waals surface area contributed by atoms with E-state index in [1.54, 1.807) is 23.5 Å². The number of hydrogen-bond acceptors (Lipinski definition) is 6. The van der Waals surface area contributed by atoms with E-state index < -0.39 is 18.1 Å². The Labute approximate surface area is 230 Å². The molecule has 0 spiro atoms. The molecule has 1 aromatic carbocycles. The maximum atomic E-state index is 13.7. The fourth-order valence-electron chi connectivity index (χ4n) is 5.42. The number of likely N-dealkylation sites (tertiary alicyclic amines) is 2. The third-order valence-electron chi connectivity index (χ3n) is 7.28. The van der Waals surface area contributed by atoms with Crippen molar-refractivity contribution in [2.24, 2.45) is 5.92 Å². The molecule has 3 unspecified atom stereocenters. The Morgan fingerprint density at radius 1 is 1.05 bits per heavy atom. The number of benzene rings is 1. The Balaban J connectivity index is 1.30. The number of Topliss-reactive ketones (excluding diaryl/α,β-unsaturated/α-hetero) is 1. The number of thiophene rings is 1. The minimum Gasteiger partial charge on any atom is -0.619 e. The van der Waals surface area contributed by atoms with Gasteiger partial charge in [0, 0.05) is 29.1 Å². The minimum absolute atomic E-state index is 0.0952. The molecule has 3 atom stereocenters. The third-order valence-corrected chi connectivity index (χ3v) is 8.20. The molecule has 2 aromatic heterocycles. The van der Waals surface area contributed by atoms with Gasteiger partial charge in [-0.25, -0.2) is 0 Å². The molecule has 3 aromatic rings. The second kappa shape index (κ2) is 11.0. The number of pyridine rings is 1. The lowest BCUT2D eigenvalue weighted by atomic mass is 10.0. The first-order valence-corrected chi connectivity index (χ1v) is 13.9. The molecule has 2 aliphatic heterocycles. The standard InChI is InChI=1S/C29H30N4O5S/c1-18(2)16-22(30-27(35)20-7-5-19(6-8-20)25-4-3-15-39-25)29(37)32-14-11-23-26(32)24(34)17-33(23)28(36)21-9-12-31(38)13-10-21/h3-10,12-13,15,18,22-23,26H,11,14,16-17H2,1-2H3,(H,30,35). The second-order valence-corrected chi connectivity index (χ2v) is 11.3. The van der Waals surface area contributed by atoms with Crippen molar-refractivity contribution in [3.05, 3.63) is 82.6 Å². The molecule has 5 rings (SSSR count). The Kier molecular flexibility index (Phi) is 7.47. The molecule has 1 N–H and O–H groups in total. The van der Waals surface area contributed by atoms with Crippen molar-refractivity contribution in [1.82, 2.24) is 15.1 Å². The summed E-state index contributed by atoms with van der Waals surface area (Å²) < 4.78 is 0.589. The van der Waals surface area contributed by atoms with Gasteiger partial charge in [-0.1, -0.05) is 32.0 Å². The smallest absolute Gasteiger partial charge is 0.255 e. The van der Waals surface area contributed by atoms with Crippen LogP contribution in [0, 0.1) is 11.1 Å². The van der Waals surface area contributed by atoms with Gasteiger partial charge in [0.2, 0.25) is 5.91 Å². The zero-order chi connectivity index (χ0) is 27.7. The Bertz CT molecular complexity index is 1370. The van der Waals surface area contributed by atoms with E-state index in [9.17, 15) is 24.4 Å². The Hall–Kier alpha value is -4.05. The summed E-state index contributed by atoms with van der Waals surface area (Å²) in [6.45, 7) is 4.17. The van der Waals surface area contributed by atoms with Gasteiger partial charge in [-0.05, 0) is 47.9 Å². The SMILES string of the molecule is CC(C)CC(NC(=O)c1ccc(-c2cccs2)cc1)C(=O)N1CCC2C1C(=O)CN2C(=O)c1cc[n+]([O-])cc1. The maximum Gasteiger partial charge on any atom is 0.255 e. The predicted molar refractivity (Wildman–Crippen MR) is 146 cm³/mol. The number of hydrogen-bond donors (Lipinski definition) is 1. The van der Waals surface area contributed by atoms with Crippen molar-refractivity contribution in [1.29, 1.82) is 0 Å². The average molecular weight is 547 g/mol. The van der Waals surface area contributed by atoms with Crippen LogP contribution in [-0.2, 0) is 9.59 Å². The molecule has 10 heteroatoms. The van der Waals surface area contributed by atoms with Crippen molar-refractivity contribution in [2.45, 2.75) is 44.8 Å². The summed E-state index contributed by atoms with van der Waals surface area (Å²) >= 11 is 1.62. The predicted octanol–water partition coefficient (Wildman–Crippen LogP) is 2.89. The summed E-state index contributed by atoms with van der Waals surface area (Å²) in [5, 5.41) is 16.3. The highest BCUT2D eigenvalue weighted by atomic mass is 32.1. The van der Waals surface area contributed by atoms with E-state index >= 15 is 0 Å². The molecule has 9 nitrogen and oxygen atoms in total. The number of nitrogens with one attached hydrogen (secondary N) is 1. The van der Waals surface area contributed by atoms with Gasteiger partial charge >= 0.3 is 0 Å². The summed E-state index contributed by atoms with van der Waals surface area (Å²) in [4.78, 5) is 57.2. The second-order valence-electron chi connectivity index (χ2n) is 10.4. The van der Waals surface area contributed by atoms with Crippen LogP contribution in [0.15, 0.2) is 66.3 Å². The number of amides is 3. The molecule has 202 valence electrons. The van der Waals surface area contributed by atoms with Crippen molar-refractivity contribution < 1.29 is 23.9 Å². The number of nitrogens with zero attached hydrogens (tertiary/aromatic N) is 3. The Morgan fingerprint density at radius 2 is 1.77 bits per heavy atom. The van der Waals surface area contributed by atoms with Crippen molar-refractivity contribution in [3.63, 3.8) is 0 Å². The first-order valence-electron chi connectivity index (χ1n) is 13.0. The summed E-state index contributed by atoms with van der Waals surface area (Å²) in [5.41, 5.74) is 1.78. The van der Waals surface area contributed by atoms with Gasteiger partial charge in [-0.15, -0.1) is 11.3 Å². The van der Waals surface area contributed by atoms with Gasteiger partial charge in [0.1, 0.15) is 12.1 Å². The van der Waals surface area contributed by atoms with Gasteiger partial charge < -0.3 is 20.3 Å². The zero-order valence-electron chi connectivity index (χ0n) is 21.8. The van der Waals surface area contributed by atoms with Crippen molar-refractivity contribution in [2.75, 3.05) is 13.1 Å². The molecule has 3 amide bonds. The lowest BCUT2D eigenvalue weighted by Crippen LogP contribution is -2.53. The van der Waals surface area contributed by atoms with Crippen molar-refractivity contribution >= 4 is 34.8 Å². The van der Waals surface area contributed by atoms with Crippen LogP contribution < -0.4 is 10.0 Å². The average Bonchev–Trinajstić information content (AvgIpc) is 3.67. The molecule has 0 saturated carbocycles. The number of ketones is 1. The van der Waals surface area contributed by atoms with Crippen LogP contribution in [0.3, 0.4) is 0 Å². The maximum absolute atomic E-state index is 13.7. The lowest BCUT2D eigenvalue weighted by molar-refractivity contribution is -0.605. The van der Waals surface area contributed by atoms with Crippen LogP contribution in [0.5, 0.6) is 0 Å². The zero-order valence-corrected chi connectivity index (χ0v) is 22.6. The molecular weight excluding hydrogens is 516 g/mol. The quantitative estimate of drug-likeness (QED) is 0.362. The lowest BCUT2D eigenvalue weighted by Gasteiger charge is -2.29. The highest BCUT2D eigenvalue weighted by Gasteiger charge is 2.52. The first-order chi connectivity index (χ1) is 18.7. The van der Waals surface area contributed by atoms with E-state index in [1.165, 1.54) is 34.3 Å². The van der Waals surface area contributed by atoms with Crippen LogP contribution in [0.2, 0.25) is 0 Å². The molecule has 2 saturated heterocycles. The van der Waals surface area contributed by atoms with Crippen LogP contribution >= 0.6 is 11.3 Å². The molecular formula is C29H30N4O5S. The topological polar surface area (TPSA) is 114 Å². The summed E-state index contributed by atoms with van der Waals surface area (Å²) in [6, 6.07) is 12.1. The summed E-state index contributed by atoms with van der Waals surface area (Å²) in [7, 11) is 0. The number of carbonyl (C=O) groups is 4. The molecule has 4 heterocycles. The Morgan fingerprint density at radius 3 is 2.41 bits per heavy atom. The normalized spacial score (nSPS) is 19.3. The van der Waals surface area contributed by atoms with Gasteiger partial charge in [0.25, 0.3) is 11.8 Å². The van der Waals surface area contributed by atoms with Gasteiger partial charge in [0.05, 0.1) is 18.2 Å². The monoisotopic (exact) mass is 546 g/mol. The van der Waals surface area contributed by atoms with E-state index in [2.05, 4.69) is 5.32 Å². The van der Waals surface area contributed by atoms with E-state index in [0.29, 0.717) is 35.2 Å². The number of rotatable bonds is 7. The van der Waals surface area contributed by atoms with E-state index in [0.717, 1.165) is 10.4 Å². The minimum atomic E-state index is -0.799. The van der Waals surface area contributed by atoms with Crippen LogP contribution in [-0.4, -0.2) is 64.5 Å². The van der Waals surface area contributed by atoms with Crippen molar-refractivity contribution in [3.8, 4) is 10.4 Å². The highest BCUT2D eigenvalue weighted by molar-refractivity contribution is 7.13. The number of aromatic nitrogens is 1. The van der Waals surface area contributed by atoms with Crippen LogP contribution in [0.4, 0.5) is 0 Å².